The number of benzene rings is 1. The van der Waals surface area contributed by atoms with E-state index in [1.54, 1.807) is 23.8 Å². The Morgan fingerprint density at radius 3 is 2.54 bits per heavy atom. The van der Waals surface area contributed by atoms with Gasteiger partial charge in [0, 0.05) is 27.3 Å². The van der Waals surface area contributed by atoms with Crippen LogP contribution in [-0.4, -0.2) is 77.3 Å². The molecule has 0 spiro atoms. The topological polar surface area (TPSA) is 82.4 Å². The van der Waals surface area contributed by atoms with E-state index in [0.717, 1.165) is 16.8 Å². The third kappa shape index (κ3) is 5.52. The maximum atomic E-state index is 12.5. The molecule has 0 aliphatic heterocycles. The second kappa shape index (κ2) is 10.2. The molecule has 0 fully saturated rings. The standard InChI is InChI=1S/C17H25N5O3S/c1-13-5-6-14(2)15(11-13)22-17(18-19-20-22)26-12-16(23)21(7-9-24-3)8-10-25-4/h5-6,11H,7-10,12H2,1-4H3. The molecule has 2 rings (SSSR count). The number of methoxy groups -OCH3 is 2. The van der Waals surface area contributed by atoms with Crippen LogP contribution in [0.4, 0.5) is 0 Å². The maximum absolute atomic E-state index is 12.5. The Labute approximate surface area is 157 Å². The van der Waals surface area contributed by atoms with Crippen LogP contribution in [0.2, 0.25) is 0 Å². The van der Waals surface area contributed by atoms with Gasteiger partial charge in [0.1, 0.15) is 0 Å². The highest BCUT2D eigenvalue weighted by Crippen LogP contribution is 2.21. The van der Waals surface area contributed by atoms with Crippen molar-refractivity contribution in [3.8, 4) is 5.69 Å². The van der Waals surface area contributed by atoms with E-state index < -0.39 is 0 Å². The molecule has 0 saturated heterocycles. The number of ether oxygens (including phenoxy) is 2. The molecule has 8 nitrogen and oxygen atoms in total. The first kappa shape index (κ1) is 20.3. The summed E-state index contributed by atoms with van der Waals surface area (Å²) in [5.41, 5.74) is 3.11. The third-order valence-electron chi connectivity index (χ3n) is 3.84. The molecule has 26 heavy (non-hydrogen) atoms. The summed E-state index contributed by atoms with van der Waals surface area (Å²) >= 11 is 1.32. The van der Waals surface area contributed by atoms with Gasteiger partial charge in [0.15, 0.2) is 0 Å². The highest BCUT2D eigenvalue weighted by atomic mass is 32.2. The van der Waals surface area contributed by atoms with Crippen molar-refractivity contribution in [1.82, 2.24) is 25.1 Å². The highest BCUT2D eigenvalue weighted by molar-refractivity contribution is 7.99. The van der Waals surface area contributed by atoms with Crippen LogP contribution in [0.3, 0.4) is 0 Å². The summed E-state index contributed by atoms with van der Waals surface area (Å²) < 4.78 is 11.8. The number of aromatic nitrogens is 4. The second-order valence-corrected chi connectivity index (χ2v) is 6.76. The zero-order valence-corrected chi connectivity index (χ0v) is 16.5. The molecule has 1 aromatic heterocycles. The summed E-state index contributed by atoms with van der Waals surface area (Å²) in [6.45, 7) is 6.06. The first-order valence-corrected chi connectivity index (χ1v) is 9.29. The Morgan fingerprint density at radius 2 is 1.88 bits per heavy atom. The quantitative estimate of drug-likeness (QED) is 0.579. The molecule has 0 radical (unpaired) electrons. The molecule has 142 valence electrons. The minimum absolute atomic E-state index is 0.000357. The molecule has 1 aromatic carbocycles. The third-order valence-corrected chi connectivity index (χ3v) is 4.75. The van der Waals surface area contributed by atoms with Crippen LogP contribution in [0.5, 0.6) is 0 Å². The molecular weight excluding hydrogens is 354 g/mol. The van der Waals surface area contributed by atoms with Gasteiger partial charge in [-0.3, -0.25) is 4.79 Å². The lowest BCUT2D eigenvalue weighted by molar-refractivity contribution is -0.129. The largest absolute Gasteiger partial charge is 0.383 e. The number of rotatable bonds is 10. The smallest absolute Gasteiger partial charge is 0.233 e. The van der Waals surface area contributed by atoms with E-state index in [1.807, 2.05) is 32.0 Å². The van der Waals surface area contributed by atoms with Crippen LogP contribution < -0.4 is 0 Å². The monoisotopic (exact) mass is 379 g/mol. The Bertz CT molecular complexity index is 714. The summed E-state index contributed by atoms with van der Waals surface area (Å²) in [5.74, 6) is 0.248. The number of hydrogen-bond acceptors (Lipinski definition) is 7. The van der Waals surface area contributed by atoms with Gasteiger partial charge in [0.2, 0.25) is 11.1 Å². The van der Waals surface area contributed by atoms with Crippen molar-refractivity contribution in [2.24, 2.45) is 0 Å². The van der Waals surface area contributed by atoms with Crippen LogP contribution in [0, 0.1) is 13.8 Å². The van der Waals surface area contributed by atoms with Crippen LogP contribution >= 0.6 is 11.8 Å². The number of carbonyl (C=O) groups excluding carboxylic acids is 1. The van der Waals surface area contributed by atoms with Crippen molar-refractivity contribution in [3.63, 3.8) is 0 Å². The molecule has 1 heterocycles. The van der Waals surface area contributed by atoms with Crippen molar-refractivity contribution in [1.29, 1.82) is 0 Å². The minimum atomic E-state index is -0.000357. The summed E-state index contributed by atoms with van der Waals surface area (Å²) in [6, 6.07) is 6.10. The van der Waals surface area contributed by atoms with Gasteiger partial charge in [-0.1, -0.05) is 23.9 Å². The molecule has 0 atom stereocenters. The van der Waals surface area contributed by atoms with Crippen LogP contribution in [0.25, 0.3) is 5.69 Å². The fraction of sp³-hybridized carbons (Fsp3) is 0.529. The molecule has 2 aromatic rings. The summed E-state index contributed by atoms with van der Waals surface area (Å²) in [6.07, 6.45) is 0. The fourth-order valence-corrected chi connectivity index (χ4v) is 3.14. The molecule has 0 saturated carbocycles. The van der Waals surface area contributed by atoms with Gasteiger partial charge in [-0.15, -0.1) is 5.10 Å². The fourth-order valence-electron chi connectivity index (χ4n) is 2.35. The Balaban J connectivity index is 2.06. The summed E-state index contributed by atoms with van der Waals surface area (Å²) in [5, 5.41) is 12.5. The van der Waals surface area contributed by atoms with Gasteiger partial charge < -0.3 is 14.4 Å². The Morgan fingerprint density at radius 1 is 1.19 bits per heavy atom. The van der Waals surface area contributed by atoms with Gasteiger partial charge >= 0.3 is 0 Å². The van der Waals surface area contributed by atoms with E-state index in [0.29, 0.717) is 31.5 Å². The second-order valence-electron chi connectivity index (χ2n) is 5.82. The summed E-state index contributed by atoms with van der Waals surface area (Å²) in [4.78, 5) is 14.3. The normalized spacial score (nSPS) is 10.9. The zero-order valence-electron chi connectivity index (χ0n) is 15.6. The van der Waals surface area contributed by atoms with Crippen molar-refractivity contribution >= 4 is 17.7 Å². The first-order valence-electron chi connectivity index (χ1n) is 8.31. The van der Waals surface area contributed by atoms with Crippen molar-refractivity contribution in [2.75, 3.05) is 46.3 Å². The molecule has 0 bridgehead atoms. The molecule has 9 heteroatoms. The number of aryl methyl sites for hydroxylation is 2. The average Bonchev–Trinajstić information content (AvgIpc) is 3.10. The van der Waals surface area contributed by atoms with Gasteiger partial charge in [-0.2, -0.15) is 4.68 Å². The number of hydrogen-bond donors (Lipinski definition) is 0. The van der Waals surface area contributed by atoms with E-state index >= 15 is 0 Å². The lowest BCUT2D eigenvalue weighted by Gasteiger charge is -2.21. The molecule has 0 aliphatic rings. The lowest BCUT2D eigenvalue weighted by Crippen LogP contribution is -2.37. The van der Waals surface area contributed by atoms with E-state index in [9.17, 15) is 4.79 Å². The predicted molar refractivity (Wildman–Crippen MR) is 99.7 cm³/mol. The van der Waals surface area contributed by atoms with Gasteiger partial charge in [-0.05, 0) is 41.5 Å². The van der Waals surface area contributed by atoms with E-state index in [1.165, 1.54) is 11.8 Å². The van der Waals surface area contributed by atoms with Crippen LogP contribution in [-0.2, 0) is 14.3 Å². The first-order chi connectivity index (χ1) is 12.6. The van der Waals surface area contributed by atoms with Crippen LogP contribution in [0.15, 0.2) is 23.4 Å². The number of tetrazole rings is 1. The molecule has 0 N–H and O–H groups in total. The molecular formula is C17H25N5O3S. The zero-order chi connectivity index (χ0) is 18.9. The predicted octanol–water partition coefficient (Wildman–Crippen LogP) is 1.49. The molecule has 0 unspecified atom stereocenters. The Kier molecular flexibility index (Phi) is 8.02. The number of carbonyl (C=O) groups is 1. The van der Waals surface area contributed by atoms with Gasteiger partial charge in [0.05, 0.1) is 24.7 Å². The van der Waals surface area contributed by atoms with E-state index in [-0.39, 0.29) is 11.7 Å². The average molecular weight is 379 g/mol. The van der Waals surface area contributed by atoms with Crippen molar-refractivity contribution in [2.45, 2.75) is 19.0 Å². The van der Waals surface area contributed by atoms with Crippen LogP contribution in [0.1, 0.15) is 11.1 Å². The number of nitrogens with zero attached hydrogens (tertiary/aromatic N) is 5. The lowest BCUT2D eigenvalue weighted by atomic mass is 10.1. The van der Waals surface area contributed by atoms with Crippen molar-refractivity contribution < 1.29 is 14.3 Å². The van der Waals surface area contributed by atoms with Gasteiger partial charge in [-0.25, -0.2) is 0 Å². The Hall–Kier alpha value is -1.97. The number of thioether (sulfide) groups is 1. The minimum Gasteiger partial charge on any atom is -0.383 e. The van der Waals surface area contributed by atoms with Crippen molar-refractivity contribution in [3.05, 3.63) is 29.3 Å². The molecule has 0 aliphatic carbocycles. The number of amides is 1. The SMILES string of the molecule is COCCN(CCOC)C(=O)CSc1nnnn1-c1cc(C)ccc1C. The van der Waals surface area contributed by atoms with Gasteiger partial charge in [0.25, 0.3) is 0 Å². The summed E-state index contributed by atoms with van der Waals surface area (Å²) in [7, 11) is 3.23. The maximum Gasteiger partial charge on any atom is 0.233 e. The van der Waals surface area contributed by atoms with E-state index in [2.05, 4.69) is 15.5 Å². The highest BCUT2D eigenvalue weighted by Gasteiger charge is 2.17. The van der Waals surface area contributed by atoms with E-state index in [4.69, 9.17) is 9.47 Å². The molecule has 1 amide bonds.